The van der Waals surface area contributed by atoms with Gasteiger partial charge >= 0.3 is 0 Å². The standard InChI is InChI=1S/C14H13N3O/c1-16-9-12(11-4-2-3-5-13(11)16)14(18)17-7-10(6-15)8-17/h2-5,9-10H,7-8H2,1H3. The van der Waals surface area contributed by atoms with Crippen LogP contribution in [0.15, 0.2) is 30.5 Å². The molecule has 1 aromatic heterocycles. The second-order valence-corrected chi connectivity index (χ2v) is 4.71. The fourth-order valence-electron chi connectivity index (χ4n) is 2.41. The Bertz CT molecular complexity index is 659. The molecule has 1 amide bonds. The number of rotatable bonds is 1. The van der Waals surface area contributed by atoms with Crippen molar-refractivity contribution in [3.63, 3.8) is 0 Å². The third-order valence-corrected chi connectivity index (χ3v) is 3.48. The second kappa shape index (κ2) is 3.88. The molecule has 1 aromatic carbocycles. The van der Waals surface area contributed by atoms with Crippen LogP contribution < -0.4 is 0 Å². The highest BCUT2D eigenvalue weighted by Gasteiger charge is 2.32. The molecular formula is C14H13N3O. The fourth-order valence-corrected chi connectivity index (χ4v) is 2.41. The Kier molecular flexibility index (Phi) is 2.34. The third-order valence-electron chi connectivity index (χ3n) is 3.48. The van der Waals surface area contributed by atoms with Crippen molar-refractivity contribution in [3.8, 4) is 6.07 Å². The van der Waals surface area contributed by atoms with Gasteiger partial charge in [0.1, 0.15) is 0 Å². The van der Waals surface area contributed by atoms with Gasteiger partial charge in [0.05, 0.1) is 17.6 Å². The second-order valence-electron chi connectivity index (χ2n) is 4.71. The van der Waals surface area contributed by atoms with Gasteiger partial charge in [0.2, 0.25) is 0 Å². The molecule has 4 nitrogen and oxygen atoms in total. The maximum Gasteiger partial charge on any atom is 0.256 e. The molecule has 0 atom stereocenters. The van der Waals surface area contributed by atoms with E-state index in [0.717, 1.165) is 16.5 Å². The molecule has 1 fully saturated rings. The number of fused-ring (bicyclic) bond motifs is 1. The van der Waals surface area contributed by atoms with E-state index < -0.39 is 0 Å². The number of hydrogen-bond donors (Lipinski definition) is 0. The van der Waals surface area contributed by atoms with Crippen LogP contribution in [-0.2, 0) is 7.05 Å². The topological polar surface area (TPSA) is 49.0 Å². The Morgan fingerprint density at radius 3 is 2.83 bits per heavy atom. The van der Waals surface area contributed by atoms with Crippen LogP contribution in [0.5, 0.6) is 0 Å². The molecule has 4 heteroatoms. The largest absolute Gasteiger partial charge is 0.350 e. The number of para-hydroxylation sites is 1. The summed E-state index contributed by atoms with van der Waals surface area (Å²) in [6.07, 6.45) is 1.87. The normalized spacial score (nSPS) is 15.4. The zero-order valence-corrected chi connectivity index (χ0v) is 10.1. The average Bonchev–Trinajstić information content (AvgIpc) is 2.66. The van der Waals surface area contributed by atoms with Gasteiger partial charge < -0.3 is 9.47 Å². The van der Waals surface area contributed by atoms with Crippen LogP contribution in [0.4, 0.5) is 0 Å². The van der Waals surface area contributed by atoms with Crippen LogP contribution in [0.25, 0.3) is 10.9 Å². The summed E-state index contributed by atoms with van der Waals surface area (Å²) in [5.41, 5.74) is 1.78. The number of hydrogen-bond acceptors (Lipinski definition) is 2. The number of benzene rings is 1. The molecule has 0 aliphatic carbocycles. The van der Waals surface area contributed by atoms with Gasteiger partial charge in [-0.3, -0.25) is 4.79 Å². The van der Waals surface area contributed by atoms with Crippen LogP contribution in [0, 0.1) is 17.2 Å². The third kappa shape index (κ3) is 1.48. The molecule has 0 radical (unpaired) electrons. The van der Waals surface area contributed by atoms with Crippen LogP contribution >= 0.6 is 0 Å². The number of nitriles is 1. The van der Waals surface area contributed by atoms with Gasteiger partial charge in [0.15, 0.2) is 0 Å². The van der Waals surface area contributed by atoms with Crippen molar-refractivity contribution < 1.29 is 4.79 Å². The zero-order valence-electron chi connectivity index (χ0n) is 10.1. The maximum atomic E-state index is 12.3. The van der Waals surface area contributed by atoms with Crippen molar-refractivity contribution in [3.05, 3.63) is 36.0 Å². The lowest BCUT2D eigenvalue weighted by molar-refractivity contribution is 0.0579. The molecule has 1 aliphatic rings. The van der Waals surface area contributed by atoms with E-state index >= 15 is 0 Å². The highest BCUT2D eigenvalue weighted by atomic mass is 16.2. The van der Waals surface area contributed by atoms with Gasteiger partial charge in [0.25, 0.3) is 5.91 Å². The van der Waals surface area contributed by atoms with E-state index in [1.54, 1.807) is 4.90 Å². The van der Waals surface area contributed by atoms with Crippen molar-refractivity contribution in [1.82, 2.24) is 9.47 Å². The number of carbonyl (C=O) groups is 1. The monoisotopic (exact) mass is 239 g/mol. The number of aromatic nitrogens is 1. The average molecular weight is 239 g/mol. The van der Waals surface area contributed by atoms with E-state index in [-0.39, 0.29) is 11.8 Å². The predicted molar refractivity (Wildman–Crippen MR) is 67.9 cm³/mol. The zero-order chi connectivity index (χ0) is 12.7. The van der Waals surface area contributed by atoms with Gasteiger partial charge in [-0.15, -0.1) is 0 Å². The van der Waals surface area contributed by atoms with Gasteiger partial charge in [0, 0.05) is 37.2 Å². The minimum atomic E-state index is 0.00364. The van der Waals surface area contributed by atoms with Crippen molar-refractivity contribution in [2.75, 3.05) is 13.1 Å². The number of nitrogens with zero attached hydrogens (tertiary/aromatic N) is 3. The van der Waals surface area contributed by atoms with Crippen LogP contribution in [0.1, 0.15) is 10.4 Å². The molecular weight excluding hydrogens is 226 g/mol. The van der Waals surface area contributed by atoms with Crippen LogP contribution in [0.2, 0.25) is 0 Å². The Balaban J connectivity index is 1.96. The smallest absolute Gasteiger partial charge is 0.256 e. The molecule has 2 heterocycles. The molecule has 2 aromatic rings. The van der Waals surface area contributed by atoms with Gasteiger partial charge in [-0.25, -0.2) is 0 Å². The van der Waals surface area contributed by atoms with E-state index in [9.17, 15) is 4.79 Å². The van der Waals surface area contributed by atoms with Gasteiger partial charge in [-0.05, 0) is 6.07 Å². The number of amides is 1. The highest BCUT2D eigenvalue weighted by Crippen LogP contribution is 2.24. The van der Waals surface area contributed by atoms with E-state index in [1.807, 2.05) is 42.1 Å². The molecule has 18 heavy (non-hydrogen) atoms. The summed E-state index contributed by atoms with van der Waals surface area (Å²) in [6, 6.07) is 10.0. The summed E-state index contributed by atoms with van der Waals surface area (Å²) in [5.74, 6) is 0.0298. The fraction of sp³-hybridized carbons (Fsp3) is 0.286. The SMILES string of the molecule is Cn1cc(C(=O)N2CC(C#N)C2)c2ccccc21. The summed E-state index contributed by atoms with van der Waals surface area (Å²) in [5, 5.41) is 9.72. The Hall–Kier alpha value is -2.28. The molecule has 3 rings (SSSR count). The molecule has 90 valence electrons. The summed E-state index contributed by atoms with van der Waals surface area (Å²) in [6.45, 7) is 1.11. The van der Waals surface area contributed by atoms with Crippen molar-refractivity contribution in [2.24, 2.45) is 13.0 Å². The molecule has 1 aliphatic heterocycles. The number of aryl methyl sites for hydroxylation is 1. The highest BCUT2D eigenvalue weighted by molar-refractivity contribution is 6.07. The lowest BCUT2D eigenvalue weighted by atomic mass is 10.0. The first-order chi connectivity index (χ1) is 8.70. The summed E-state index contributed by atoms with van der Waals surface area (Å²) in [7, 11) is 1.94. The van der Waals surface area contributed by atoms with Crippen LogP contribution in [0.3, 0.4) is 0 Å². The molecule has 0 saturated carbocycles. The summed E-state index contributed by atoms with van der Waals surface area (Å²) in [4.78, 5) is 14.1. The van der Waals surface area contributed by atoms with E-state index in [4.69, 9.17) is 5.26 Å². The van der Waals surface area contributed by atoms with Gasteiger partial charge in [-0.1, -0.05) is 18.2 Å². The molecule has 1 saturated heterocycles. The Morgan fingerprint density at radius 2 is 2.11 bits per heavy atom. The minimum absolute atomic E-state index is 0.00364. The summed E-state index contributed by atoms with van der Waals surface area (Å²) >= 11 is 0. The first-order valence-corrected chi connectivity index (χ1v) is 5.93. The predicted octanol–water partition coefficient (Wildman–Crippen LogP) is 1.77. The van der Waals surface area contributed by atoms with Gasteiger partial charge in [-0.2, -0.15) is 5.26 Å². The first-order valence-electron chi connectivity index (χ1n) is 5.93. The maximum absolute atomic E-state index is 12.3. The minimum Gasteiger partial charge on any atom is -0.350 e. The number of carbonyl (C=O) groups excluding carboxylic acids is 1. The molecule has 0 spiro atoms. The van der Waals surface area contributed by atoms with E-state index in [0.29, 0.717) is 13.1 Å². The van der Waals surface area contributed by atoms with E-state index in [1.165, 1.54) is 0 Å². The van der Waals surface area contributed by atoms with Crippen molar-refractivity contribution >= 4 is 16.8 Å². The molecule has 0 N–H and O–H groups in total. The van der Waals surface area contributed by atoms with Crippen LogP contribution in [-0.4, -0.2) is 28.5 Å². The molecule has 0 unspecified atom stereocenters. The lowest BCUT2D eigenvalue weighted by Gasteiger charge is -2.35. The number of likely N-dealkylation sites (tertiary alicyclic amines) is 1. The van der Waals surface area contributed by atoms with Crippen molar-refractivity contribution in [1.29, 1.82) is 5.26 Å². The molecule has 0 bridgehead atoms. The first kappa shape index (κ1) is 10.8. The Labute approximate surface area is 105 Å². The van der Waals surface area contributed by atoms with E-state index in [2.05, 4.69) is 6.07 Å². The quantitative estimate of drug-likeness (QED) is 0.761. The lowest BCUT2D eigenvalue weighted by Crippen LogP contribution is -2.49. The summed E-state index contributed by atoms with van der Waals surface area (Å²) < 4.78 is 1.96. The Morgan fingerprint density at radius 1 is 1.39 bits per heavy atom. The van der Waals surface area contributed by atoms with Crippen molar-refractivity contribution in [2.45, 2.75) is 0 Å².